The molecule has 2 N–H and O–H groups in total. The number of rotatable bonds is 0. The normalized spacial score (nSPS) is 51.6. The molecule has 0 heterocycles. The minimum absolute atomic E-state index is 0.273. The zero-order valence-electron chi connectivity index (χ0n) is 13.6. The molecule has 0 spiro atoms. The summed E-state index contributed by atoms with van der Waals surface area (Å²) >= 11 is 0. The maximum atomic E-state index is 10.5. The molecule has 2 nitrogen and oxygen atoms in total. The highest BCUT2D eigenvalue weighted by atomic mass is 16.5. The van der Waals surface area contributed by atoms with Crippen LogP contribution in [0.5, 0.6) is 0 Å². The summed E-state index contributed by atoms with van der Waals surface area (Å²) in [7, 11) is 0. The van der Waals surface area contributed by atoms with Crippen LogP contribution in [0.1, 0.15) is 71.6 Å². The van der Waals surface area contributed by atoms with E-state index in [4.69, 9.17) is 0 Å². The third kappa shape index (κ3) is 1.72. The highest BCUT2D eigenvalue weighted by Gasteiger charge is 2.63. The molecule has 0 saturated heterocycles. The minimum atomic E-state index is -1.43. The molecule has 4 aliphatic carbocycles. The first-order valence-corrected chi connectivity index (χ1v) is 9.03. The molecule has 0 aromatic heterocycles. The molecular weight excluding hydrogens is 260 g/mol. The van der Waals surface area contributed by atoms with Gasteiger partial charge in [0.15, 0.2) is 5.79 Å². The number of hydrogen-bond acceptors (Lipinski definition) is 2. The van der Waals surface area contributed by atoms with Crippen LogP contribution < -0.4 is 0 Å². The Kier molecular flexibility index (Phi) is 2.96. The number of allylic oxidation sites excluding steroid dienone is 2. The van der Waals surface area contributed by atoms with Gasteiger partial charge in [0, 0.05) is 11.8 Å². The summed E-state index contributed by atoms with van der Waals surface area (Å²) in [6, 6.07) is 0. The van der Waals surface area contributed by atoms with Crippen molar-refractivity contribution >= 4 is 0 Å². The lowest BCUT2D eigenvalue weighted by molar-refractivity contribution is -0.246. The third-order valence-electron chi connectivity index (χ3n) is 8.13. The molecule has 4 aliphatic rings. The van der Waals surface area contributed by atoms with Gasteiger partial charge in [-0.3, -0.25) is 0 Å². The Morgan fingerprint density at radius 1 is 1.00 bits per heavy atom. The van der Waals surface area contributed by atoms with Crippen molar-refractivity contribution < 1.29 is 10.2 Å². The molecular formula is C19H30O2. The predicted octanol–water partition coefficient (Wildman–Crippen LogP) is 4.02. The molecule has 21 heavy (non-hydrogen) atoms. The fourth-order valence-corrected chi connectivity index (χ4v) is 6.69. The maximum absolute atomic E-state index is 10.5. The number of aliphatic hydroxyl groups is 2. The Morgan fingerprint density at radius 2 is 1.76 bits per heavy atom. The largest absolute Gasteiger partial charge is 0.365 e. The minimum Gasteiger partial charge on any atom is -0.365 e. The van der Waals surface area contributed by atoms with Crippen LogP contribution in [-0.4, -0.2) is 16.0 Å². The molecule has 118 valence electrons. The lowest BCUT2D eigenvalue weighted by atomic mass is 9.48. The van der Waals surface area contributed by atoms with E-state index < -0.39 is 5.79 Å². The van der Waals surface area contributed by atoms with Gasteiger partial charge >= 0.3 is 0 Å². The number of hydrogen-bond donors (Lipinski definition) is 2. The Hall–Kier alpha value is -0.340. The van der Waals surface area contributed by atoms with Gasteiger partial charge in [-0.25, -0.2) is 0 Å². The van der Waals surface area contributed by atoms with Crippen molar-refractivity contribution in [3.63, 3.8) is 0 Å². The third-order valence-corrected chi connectivity index (χ3v) is 8.13. The molecule has 4 rings (SSSR count). The van der Waals surface area contributed by atoms with E-state index in [-0.39, 0.29) is 5.41 Å². The molecule has 0 aliphatic heterocycles. The zero-order chi connectivity index (χ0) is 14.9. The summed E-state index contributed by atoms with van der Waals surface area (Å²) in [5.74, 6) is 0.532. The van der Waals surface area contributed by atoms with Crippen molar-refractivity contribution in [1.82, 2.24) is 0 Å². The topological polar surface area (TPSA) is 40.5 Å². The highest BCUT2D eigenvalue weighted by molar-refractivity contribution is 5.24. The SMILES string of the molecule is C[C@]12CCCCC1=CC[C@@H]1[C@@H]2CC[C@@]2(C)[C@H]1CCC2(O)O. The first-order valence-electron chi connectivity index (χ1n) is 9.03. The molecule has 2 heteroatoms. The van der Waals surface area contributed by atoms with Gasteiger partial charge in [-0.1, -0.05) is 31.9 Å². The first-order chi connectivity index (χ1) is 9.88. The Labute approximate surface area is 128 Å². The van der Waals surface area contributed by atoms with Crippen molar-refractivity contribution in [3.05, 3.63) is 11.6 Å². The molecule has 0 aromatic rings. The van der Waals surface area contributed by atoms with Crippen LogP contribution >= 0.6 is 0 Å². The summed E-state index contributed by atoms with van der Waals surface area (Å²) in [5.41, 5.74) is 1.87. The van der Waals surface area contributed by atoms with E-state index in [0.29, 0.717) is 23.7 Å². The fraction of sp³-hybridized carbons (Fsp3) is 0.895. The van der Waals surface area contributed by atoms with E-state index in [0.717, 1.165) is 18.8 Å². The lowest BCUT2D eigenvalue weighted by Gasteiger charge is -2.57. The van der Waals surface area contributed by atoms with E-state index in [1.165, 1.54) is 38.5 Å². The summed E-state index contributed by atoms with van der Waals surface area (Å²) < 4.78 is 0. The summed E-state index contributed by atoms with van der Waals surface area (Å²) in [5, 5.41) is 21.0. The van der Waals surface area contributed by atoms with E-state index in [9.17, 15) is 10.2 Å². The summed E-state index contributed by atoms with van der Waals surface area (Å²) in [6.07, 6.45) is 12.9. The van der Waals surface area contributed by atoms with Gasteiger partial charge in [0.1, 0.15) is 0 Å². The van der Waals surface area contributed by atoms with Crippen LogP contribution in [0.4, 0.5) is 0 Å². The van der Waals surface area contributed by atoms with Gasteiger partial charge in [0.05, 0.1) is 0 Å². The van der Waals surface area contributed by atoms with E-state index in [1.54, 1.807) is 5.57 Å². The molecule has 0 aromatic carbocycles. The monoisotopic (exact) mass is 290 g/mol. The van der Waals surface area contributed by atoms with Crippen LogP contribution in [0.2, 0.25) is 0 Å². The molecule has 0 radical (unpaired) electrons. The average molecular weight is 290 g/mol. The molecule has 0 amide bonds. The van der Waals surface area contributed by atoms with Gasteiger partial charge in [0.2, 0.25) is 0 Å². The molecule has 5 atom stereocenters. The second-order valence-electron chi connectivity index (χ2n) is 8.78. The highest BCUT2D eigenvalue weighted by Crippen LogP contribution is 2.66. The summed E-state index contributed by atoms with van der Waals surface area (Å²) in [6.45, 7) is 4.65. The Bertz CT molecular complexity index is 480. The average Bonchev–Trinajstić information content (AvgIpc) is 2.69. The number of fused-ring (bicyclic) bond motifs is 5. The predicted molar refractivity (Wildman–Crippen MR) is 83.5 cm³/mol. The van der Waals surface area contributed by atoms with Gasteiger partial charge in [0.25, 0.3) is 0 Å². The van der Waals surface area contributed by atoms with Crippen molar-refractivity contribution in [2.45, 2.75) is 77.4 Å². The van der Waals surface area contributed by atoms with Crippen LogP contribution in [0.3, 0.4) is 0 Å². The van der Waals surface area contributed by atoms with E-state index in [2.05, 4.69) is 19.9 Å². The van der Waals surface area contributed by atoms with Gasteiger partial charge in [-0.2, -0.15) is 0 Å². The zero-order valence-corrected chi connectivity index (χ0v) is 13.6. The molecule has 3 saturated carbocycles. The second-order valence-corrected chi connectivity index (χ2v) is 8.78. The van der Waals surface area contributed by atoms with Crippen LogP contribution in [-0.2, 0) is 0 Å². The molecule has 0 bridgehead atoms. The van der Waals surface area contributed by atoms with Crippen molar-refractivity contribution in [1.29, 1.82) is 0 Å². The van der Waals surface area contributed by atoms with Crippen LogP contribution in [0, 0.1) is 28.6 Å². The van der Waals surface area contributed by atoms with Crippen molar-refractivity contribution in [3.8, 4) is 0 Å². The van der Waals surface area contributed by atoms with Crippen LogP contribution in [0.25, 0.3) is 0 Å². The fourth-order valence-electron chi connectivity index (χ4n) is 6.69. The Balaban J connectivity index is 1.71. The van der Waals surface area contributed by atoms with E-state index >= 15 is 0 Å². The Morgan fingerprint density at radius 3 is 2.57 bits per heavy atom. The van der Waals surface area contributed by atoms with Crippen molar-refractivity contribution in [2.24, 2.45) is 28.6 Å². The maximum Gasteiger partial charge on any atom is 0.168 e. The lowest BCUT2D eigenvalue weighted by Crippen LogP contribution is -2.54. The van der Waals surface area contributed by atoms with Gasteiger partial charge < -0.3 is 10.2 Å². The van der Waals surface area contributed by atoms with Gasteiger partial charge in [-0.15, -0.1) is 0 Å². The van der Waals surface area contributed by atoms with E-state index in [1.807, 2.05) is 0 Å². The van der Waals surface area contributed by atoms with Crippen LogP contribution in [0.15, 0.2) is 11.6 Å². The molecule has 0 unspecified atom stereocenters. The second kappa shape index (κ2) is 4.35. The quantitative estimate of drug-likeness (QED) is 0.522. The smallest absolute Gasteiger partial charge is 0.168 e. The molecule has 3 fully saturated rings. The first kappa shape index (κ1) is 14.3. The standard InChI is InChI=1S/C19H30O2/c1-17-10-4-3-5-13(17)6-7-14-15(17)8-11-18(2)16(14)9-12-19(18,20)21/h6,14-16,20-21H,3-5,7-12H2,1-2H3/t14-,15+,16+,17+,18+/m1/s1. The van der Waals surface area contributed by atoms with Gasteiger partial charge in [-0.05, 0) is 68.1 Å². The summed E-state index contributed by atoms with van der Waals surface area (Å²) in [4.78, 5) is 0. The van der Waals surface area contributed by atoms with Crippen molar-refractivity contribution in [2.75, 3.05) is 0 Å².